The largest absolute Gasteiger partial charge is 0.497 e. The quantitative estimate of drug-likeness (QED) is 0.379. The molecule has 5 nitrogen and oxygen atoms in total. The number of hydrogen-bond acceptors (Lipinski definition) is 4. The number of fused-ring (bicyclic) bond motifs is 1. The second kappa shape index (κ2) is 8.57. The number of carbonyl (C=O) groups excluding carboxylic acids is 1. The Labute approximate surface area is 175 Å². The number of amides is 1. The van der Waals surface area contributed by atoms with Crippen LogP contribution in [0.2, 0.25) is 0 Å². The Bertz CT molecular complexity index is 1220. The number of nitrogens with one attached hydrogen (secondary N) is 1. The molecule has 1 N–H and O–H groups in total. The molecule has 0 aliphatic carbocycles. The molecular weight excluding hydrogens is 374 g/mol. The van der Waals surface area contributed by atoms with E-state index in [1.165, 1.54) is 0 Å². The third kappa shape index (κ3) is 4.05. The fourth-order valence-electron chi connectivity index (χ4n) is 3.21. The zero-order valence-electron chi connectivity index (χ0n) is 16.8. The van der Waals surface area contributed by atoms with Crippen LogP contribution < -0.4 is 10.2 Å². The minimum absolute atomic E-state index is 0.279. The summed E-state index contributed by atoms with van der Waals surface area (Å²) in [4.78, 5) is 17.7. The first-order valence-electron chi connectivity index (χ1n) is 9.60. The van der Waals surface area contributed by atoms with E-state index in [1.807, 2.05) is 91.9 Å². The molecule has 1 aromatic heterocycles. The van der Waals surface area contributed by atoms with Crippen LogP contribution in [0.25, 0.3) is 22.2 Å². The van der Waals surface area contributed by atoms with Crippen molar-refractivity contribution < 1.29 is 9.53 Å². The Hall–Kier alpha value is -3.99. The van der Waals surface area contributed by atoms with Crippen molar-refractivity contribution in [3.05, 3.63) is 96.1 Å². The second-order valence-electron chi connectivity index (χ2n) is 6.80. The topological polar surface area (TPSA) is 63.6 Å². The van der Waals surface area contributed by atoms with Crippen LogP contribution in [-0.2, 0) is 0 Å². The minimum atomic E-state index is -0.279. The van der Waals surface area contributed by atoms with Gasteiger partial charge in [0.15, 0.2) is 0 Å². The summed E-state index contributed by atoms with van der Waals surface area (Å²) in [5, 5.41) is 5.08. The summed E-state index contributed by atoms with van der Waals surface area (Å²) >= 11 is 0. The van der Waals surface area contributed by atoms with Crippen molar-refractivity contribution in [2.45, 2.75) is 6.92 Å². The monoisotopic (exact) mass is 395 g/mol. The van der Waals surface area contributed by atoms with Gasteiger partial charge in [0.2, 0.25) is 0 Å². The number of ether oxygens (including phenoxy) is 1. The van der Waals surface area contributed by atoms with E-state index < -0.39 is 0 Å². The van der Waals surface area contributed by atoms with Crippen LogP contribution in [0.4, 0.5) is 0 Å². The van der Waals surface area contributed by atoms with Crippen LogP contribution in [0, 0.1) is 0 Å². The lowest BCUT2D eigenvalue weighted by Gasteiger charge is -2.09. The van der Waals surface area contributed by atoms with Crippen LogP contribution in [0.1, 0.15) is 22.8 Å². The SMILES string of the molecule is COc1ccc(/C(C)=N\NC(=O)c2cc(-c3ccccc3)nc3ccccc23)cc1. The van der Waals surface area contributed by atoms with Gasteiger partial charge in [-0.15, -0.1) is 0 Å². The van der Waals surface area contributed by atoms with Crippen LogP contribution in [-0.4, -0.2) is 23.7 Å². The first-order valence-corrected chi connectivity index (χ1v) is 9.60. The Balaban J connectivity index is 1.66. The lowest BCUT2D eigenvalue weighted by Crippen LogP contribution is -2.20. The first-order chi connectivity index (χ1) is 14.7. The number of rotatable bonds is 5. The third-order valence-corrected chi connectivity index (χ3v) is 4.86. The van der Waals surface area contributed by atoms with Crippen LogP contribution in [0.3, 0.4) is 0 Å². The van der Waals surface area contributed by atoms with Gasteiger partial charge in [0.1, 0.15) is 5.75 Å². The highest BCUT2D eigenvalue weighted by atomic mass is 16.5. The molecule has 0 saturated heterocycles. The molecule has 30 heavy (non-hydrogen) atoms. The van der Waals surface area contributed by atoms with Crippen molar-refractivity contribution in [1.29, 1.82) is 0 Å². The molecule has 0 aliphatic heterocycles. The number of nitrogens with zero attached hydrogens (tertiary/aromatic N) is 2. The van der Waals surface area contributed by atoms with Gasteiger partial charge in [-0.3, -0.25) is 4.79 Å². The van der Waals surface area contributed by atoms with Gasteiger partial charge in [-0.2, -0.15) is 5.10 Å². The Kier molecular flexibility index (Phi) is 5.52. The van der Waals surface area contributed by atoms with E-state index in [9.17, 15) is 4.79 Å². The molecule has 4 rings (SSSR count). The number of hydrogen-bond donors (Lipinski definition) is 1. The number of methoxy groups -OCH3 is 1. The molecule has 0 atom stereocenters. The molecule has 0 bridgehead atoms. The van der Waals surface area contributed by atoms with E-state index >= 15 is 0 Å². The van der Waals surface area contributed by atoms with Crippen molar-refractivity contribution in [3.63, 3.8) is 0 Å². The third-order valence-electron chi connectivity index (χ3n) is 4.86. The first kappa shape index (κ1) is 19.3. The van der Waals surface area contributed by atoms with Crippen molar-refractivity contribution in [3.8, 4) is 17.0 Å². The van der Waals surface area contributed by atoms with E-state index in [0.29, 0.717) is 11.3 Å². The predicted octanol–water partition coefficient (Wildman–Crippen LogP) is 5.06. The molecule has 1 amide bonds. The molecule has 0 saturated carbocycles. The number of benzene rings is 3. The molecule has 0 radical (unpaired) electrons. The van der Waals surface area contributed by atoms with Crippen LogP contribution in [0.15, 0.2) is 90.0 Å². The molecule has 0 unspecified atom stereocenters. The molecule has 4 aromatic rings. The maximum Gasteiger partial charge on any atom is 0.272 e. The van der Waals surface area contributed by atoms with E-state index in [2.05, 4.69) is 10.5 Å². The smallest absolute Gasteiger partial charge is 0.272 e. The lowest BCUT2D eigenvalue weighted by molar-refractivity contribution is 0.0956. The molecule has 0 spiro atoms. The summed E-state index contributed by atoms with van der Waals surface area (Å²) in [6.07, 6.45) is 0. The summed E-state index contributed by atoms with van der Waals surface area (Å²) in [6.45, 7) is 1.85. The second-order valence-corrected chi connectivity index (χ2v) is 6.80. The molecular formula is C25H21N3O2. The average Bonchev–Trinajstić information content (AvgIpc) is 2.82. The fourth-order valence-corrected chi connectivity index (χ4v) is 3.21. The molecule has 1 heterocycles. The highest BCUT2D eigenvalue weighted by Gasteiger charge is 2.13. The summed E-state index contributed by atoms with van der Waals surface area (Å²) < 4.78 is 5.18. The van der Waals surface area contributed by atoms with E-state index in [0.717, 1.165) is 33.5 Å². The zero-order chi connectivity index (χ0) is 20.9. The van der Waals surface area contributed by atoms with Gasteiger partial charge in [-0.05, 0) is 48.9 Å². The summed E-state index contributed by atoms with van der Waals surface area (Å²) in [5.74, 6) is 0.492. The average molecular weight is 395 g/mol. The molecule has 0 aliphatic rings. The highest BCUT2D eigenvalue weighted by Crippen LogP contribution is 2.24. The summed E-state index contributed by atoms with van der Waals surface area (Å²) in [6, 6.07) is 26.8. The Morgan fingerprint density at radius 1 is 0.933 bits per heavy atom. The molecule has 0 fully saturated rings. The minimum Gasteiger partial charge on any atom is -0.497 e. The van der Waals surface area contributed by atoms with E-state index in [-0.39, 0.29) is 5.91 Å². The normalized spacial score (nSPS) is 11.3. The van der Waals surface area contributed by atoms with Crippen LogP contribution in [0.5, 0.6) is 5.75 Å². The van der Waals surface area contributed by atoms with Crippen molar-refractivity contribution in [2.24, 2.45) is 5.10 Å². The van der Waals surface area contributed by atoms with Gasteiger partial charge in [0, 0.05) is 10.9 Å². The van der Waals surface area contributed by atoms with Crippen molar-refractivity contribution in [1.82, 2.24) is 10.4 Å². The van der Waals surface area contributed by atoms with Gasteiger partial charge in [0.05, 0.1) is 29.6 Å². The highest BCUT2D eigenvalue weighted by molar-refractivity contribution is 6.08. The van der Waals surface area contributed by atoms with Gasteiger partial charge < -0.3 is 4.74 Å². The van der Waals surface area contributed by atoms with Crippen molar-refractivity contribution in [2.75, 3.05) is 7.11 Å². The summed E-state index contributed by atoms with van der Waals surface area (Å²) in [5.41, 5.74) is 7.29. The number of aromatic nitrogens is 1. The molecule has 5 heteroatoms. The number of hydrazone groups is 1. The maximum atomic E-state index is 13.0. The maximum absolute atomic E-state index is 13.0. The Morgan fingerprint density at radius 3 is 2.37 bits per heavy atom. The molecule has 148 valence electrons. The van der Waals surface area contributed by atoms with Gasteiger partial charge in [-0.25, -0.2) is 10.4 Å². The number of para-hydroxylation sites is 1. The fraction of sp³-hybridized carbons (Fsp3) is 0.0800. The molecule has 3 aromatic carbocycles. The lowest BCUT2D eigenvalue weighted by atomic mass is 10.0. The van der Waals surface area contributed by atoms with Gasteiger partial charge in [0.25, 0.3) is 5.91 Å². The zero-order valence-corrected chi connectivity index (χ0v) is 16.8. The van der Waals surface area contributed by atoms with Gasteiger partial charge >= 0.3 is 0 Å². The van der Waals surface area contributed by atoms with Gasteiger partial charge in [-0.1, -0.05) is 48.5 Å². The van der Waals surface area contributed by atoms with Crippen molar-refractivity contribution >= 4 is 22.5 Å². The van der Waals surface area contributed by atoms with Crippen LogP contribution >= 0.6 is 0 Å². The van der Waals surface area contributed by atoms with E-state index in [4.69, 9.17) is 9.72 Å². The summed E-state index contributed by atoms with van der Waals surface area (Å²) in [7, 11) is 1.62. The number of carbonyl (C=O) groups is 1. The van der Waals surface area contributed by atoms with E-state index in [1.54, 1.807) is 7.11 Å². The number of pyridine rings is 1. The predicted molar refractivity (Wildman–Crippen MR) is 120 cm³/mol. The Morgan fingerprint density at radius 2 is 1.63 bits per heavy atom. The standard InChI is InChI=1S/C25H21N3O2/c1-17(18-12-14-20(30-2)15-13-18)27-28-25(29)22-16-24(19-8-4-3-5-9-19)26-23-11-7-6-10-21(22)23/h3-16H,1-2H3,(H,28,29)/b27-17-.